The molecule has 0 spiro atoms. The molecule has 0 heterocycles. The molecule has 1 aromatic rings. The predicted molar refractivity (Wildman–Crippen MR) is 80.1 cm³/mol. The molecule has 2 heteroatoms. The Hall–Kier alpha value is -0.860. The largest absolute Gasteiger partial charge is 0.317 e. The maximum absolute atomic E-state index is 3.44. The Labute approximate surface area is 117 Å². The van der Waals surface area contributed by atoms with Gasteiger partial charge in [0.25, 0.3) is 0 Å². The summed E-state index contributed by atoms with van der Waals surface area (Å²) in [6, 6.07) is 13.4. The number of hydrogen-bond acceptors (Lipinski definition) is 2. The zero-order chi connectivity index (χ0) is 13.1. The second-order valence-electron chi connectivity index (χ2n) is 6.18. The summed E-state index contributed by atoms with van der Waals surface area (Å²) in [6.07, 6.45) is 8.26. The van der Waals surface area contributed by atoms with Crippen molar-refractivity contribution in [2.45, 2.75) is 63.2 Å². The van der Waals surface area contributed by atoms with Crippen molar-refractivity contribution in [3.05, 3.63) is 35.9 Å². The van der Waals surface area contributed by atoms with E-state index in [9.17, 15) is 0 Å². The summed E-state index contributed by atoms with van der Waals surface area (Å²) in [5.41, 5.74) is 1.48. The summed E-state index contributed by atoms with van der Waals surface area (Å²) >= 11 is 0. The average molecular weight is 258 g/mol. The van der Waals surface area contributed by atoms with Crippen LogP contribution in [0.4, 0.5) is 0 Å². The van der Waals surface area contributed by atoms with Crippen LogP contribution < -0.4 is 5.32 Å². The van der Waals surface area contributed by atoms with Crippen molar-refractivity contribution >= 4 is 0 Å². The Morgan fingerprint density at radius 1 is 0.947 bits per heavy atom. The van der Waals surface area contributed by atoms with Crippen LogP contribution in [0.15, 0.2) is 30.3 Å². The Balaban J connectivity index is 1.62. The lowest BCUT2D eigenvalue weighted by atomic mass is 9.90. The zero-order valence-electron chi connectivity index (χ0n) is 12.0. The molecule has 0 bridgehead atoms. The maximum atomic E-state index is 3.44. The van der Waals surface area contributed by atoms with Crippen LogP contribution in [0.3, 0.4) is 0 Å². The molecule has 2 saturated carbocycles. The number of hydrogen-bond donors (Lipinski definition) is 1. The van der Waals surface area contributed by atoms with E-state index < -0.39 is 0 Å². The number of nitrogens with zero attached hydrogens (tertiary/aromatic N) is 1. The van der Waals surface area contributed by atoms with Crippen LogP contribution in [0.1, 0.15) is 44.1 Å². The molecule has 0 unspecified atom stereocenters. The van der Waals surface area contributed by atoms with Crippen molar-refractivity contribution in [2.24, 2.45) is 0 Å². The molecule has 0 aromatic heterocycles. The fraction of sp³-hybridized carbons (Fsp3) is 0.647. The topological polar surface area (TPSA) is 15.3 Å². The van der Waals surface area contributed by atoms with Crippen molar-refractivity contribution in [3.8, 4) is 0 Å². The molecule has 1 N–H and O–H groups in total. The van der Waals surface area contributed by atoms with E-state index in [1.54, 1.807) is 0 Å². The predicted octanol–water partition coefficient (Wildman–Crippen LogP) is 3.18. The summed E-state index contributed by atoms with van der Waals surface area (Å²) in [6.45, 7) is 1.15. The van der Waals surface area contributed by atoms with Gasteiger partial charge in [0.2, 0.25) is 0 Å². The van der Waals surface area contributed by atoms with Gasteiger partial charge in [0.05, 0.1) is 0 Å². The fourth-order valence-electron chi connectivity index (χ4n) is 3.45. The fourth-order valence-corrected chi connectivity index (χ4v) is 3.45. The Morgan fingerprint density at radius 3 is 2.05 bits per heavy atom. The molecule has 19 heavy (non-hydrogen) atoms. The summed E-state index contributed by atoms with van der Waals surface area (Å²) in [5, 5.41) is 3.44. The lowest BCUT2D eigenvalue weighted by Crippen LogP contribution is -2.42. The molecule has 0 saturated heterocycles. The first-order valence-electron chi connectivity index (χ1n) is 7.84. The smallest absolute Gasteiger partial charge is 0.0239 e. The van der Waals surface area contributed by atoms with E-state index in [1.807, 2.05) is 0 Å². The highest BCUT2D eigenvalue weighted by Crippen LogP contribution is 2.34. The van der Waals surface area contributed by atoms with Crippen LogP contribution in [-0.2, 0) is 6.54 Å². The van der Waals surface area contributed by atoms with E-state index in [2.05, 4.69) is 47.6 Å². The van der Waals surface area contributed by atoms with E-state index >= 15 is 0 Å². The number of rotatable bonds is 5. The molecule has 1 aromatic carbocycles. The standard InChI is InChI=1S/C17H26N2/c1-18-15-7-9-16(10-8-15)19(17-11-12-17)13-14-5-3-2-4-6-14/h2-6,15-18H,7-13H2,1H3. The van der Waals surface area contributed by atoms with Gasteiger partial charge in [-0.3, -0.25) is 4.90 Å². The van der Waals surface area contributed by atoms with Gasteiger partial charge in [0.1, 0.15) is 0 Å². The van der Waals surface area contributed by atoms with Crippen molar-refractivity contribution < 1.29 is 0 Å². The molecule has 0 amide bonds. The number of nitrogens with one attached hydrogen (secondary N) is 1. The highest BCUT2D eigenvalue weighted by molar-refractivity contribution is 5.15. The summed E-state index contributed by atoms with van der Waals surface area (Å²) in [7, 11) is 2.10. The summed E-state index contributed by atoms with van der Waals surface area (Å²) in [5.74, 6) is 0. The molecular weight excluding hydrogens is 232 g/mol. The van der Waals surface area contributed by atoms with E-state index in [4.69, 9.17) is 0 Å². The van der Waals surface area contributed by atoms with Crippen LogP contribution >= 0.6 is 0 Å². The van der Waals surface area contributed by atoms with Crippen molar-refractivity contribution in [1.29, 1.82) is 0 Å². The van der Waals surface area contributed by atoms with Crippen molar-refractivity contribution in [2.75, 3.05) is 7.05 Å². The van der Waals surface area contributed by atoms with Crippen molar-refractivity contribution in [1.82, 2.24) is 10.2 Å². The molecule has 2 aliphatic carbocycles. The Morgan fingerprint density at radius 2 is 1.53 bits per heavy atom. The van der Waals surface area contributed by atoms with Crippen LogP contribution in [-0.4, -0.2) is 30.1 Å². The van der Waals surface area contributed by atoms with Gasteiger partial charge >= 0.3 is 0 Å². The molecule has 0 atom stereocenters. The molecule has 2 fully saturated rings. The highest BCUT2D eigenvalue weighted by Gasteiger charge is 2.35. The van der Waals surface area contributed by atoms with Gasteiger partial charge in [-0.05, 0) is 51.1 Å². The second kappa shape index (κ2) is 6.06. The monoisotopic (exact) mass is 258 g/mol. The molecule has 0 radical (unpaired) electrons. The van der Waals surface area contributed by atoms with E-state index in [0.29, 0.717) is 0 Å². The van der Waals surface area contributed by atoms with Gasteiger partial charge in [0, 0.05) is 24.7 Å². The SMILES string of the molecule is CNC1CCC(N(Cc2ccccc2)C2CC2)CC1. The minimum absolute atomic E-state index is 0.758. The molecule has 104 valence electrons. The first kappa shape index (κ1) is 13.1. The second-order valence-corrected chi connectivity index (χ2v) is 6.18. The van der Waals surface area contributed by atoms with E-state index in [-0.39, 0.29) is 0 Å². The average Bonchev–Trinajstić information content (AvgIpc) is 3.31. The summed E-state index contributed by atoms with van der Waals surface area (Å²) in [4.78, 5) is 2.79. The minimum atomic E-state index is 0.758. The van der Waals surface area contributed by atoms with Gasteiger partial charge in [-0.2, -0.15) is 0 Å². The highest BCUT2D eigenvalue weighted by atomic mass is 15.2. The molecule has 2 nitrogen and oxygen atoms in total. The maximum Gasteiger partial charge on any atom is 0.0239 e. The van der Waals surface area contributed by atoms with Crippen molar-refractivity contribution in [3.63, 3.8) is 0 Å². The van der Waals surface area contributed by atoms with Crippen LogP contribution in [0.5, 0.6) is 0 Å². The lowest BCUT2D eigenvalue weighted by Gasteiger charge is -2.37. The molecule has 3 rings (SSSR count). The Kier molecular flexibility index (Phi) is 4.19. The van der Waals surface area contributed by atoms with Gasteiger partial charge < -0.3 is 5.32 Å². The van der Waals surface area contributed by atoms with Gasteiger partial charge in [0.15, 0.2) is 0 Å². The third-order valence-corrected chi connectivity index (χ3v) is 4.80. The van der Waals surface area contributed by atoms with E-state index in [0.717, 1.165) is 24.7 Å². The first-order valence-corrected chi connectivity index (χ1v) is 7.84. The summed E-state index contributed by atoms with van der Waals surface area (Å²) < 4.78 is 0. The third kappa shape index (κ3) is 3.37. The molecule has 0 aliphatic heterocycles. The van der Waals surface area contributed by atoms with Crippen LogP contribution in [0.25, 0.3) is 0 Å². The quantitative estimate of drug-likeness (QED) is 0.872. The van der Waals surface area contributed by atoms with Gasteiger partial charge in [-0.1, -0.05) is 30.3 Å². The zero-order valence-corrected chi connectivity index (χ0v) is 12.0. The normalized spacial score (nSPS) is 27.7. The lowest BCUT2D eigenvalue weighted by molar-refractivity contribution is 0.129. The molecular formula is C17H26N2. The first-order chi connectivity index (χ1) is 9.36. The van der Waals surface area contributed by atoms with Gasteiger partial charge in [-0.25, -0.2) is 0 Å². The molecule has 2 aliphatic rings. The minimum Gasteiger partial charge on any atom is -0.317 e. The van der Waals surface area contributed by atoms with Crippen LogP contribution in [0.2, 0.25) is 0 Å². The van der Waals surface area contributed by atoms with E-state index in [1.165, 1.54) is 44.1 Å². The van der Waals surface area contributed by atoms with Gasteiger partial charge in [-0.15, -0.1) is 0 Å². The Bertz CT molecular complexity index is 378. The van der Waals surface area contributed by atoms with Crippen LogP contribution in [0, 0.1) is 0 Å². The number of benzene rings is 1. The third-order valence-electron chi connectivity index (χ3n) is 4.80.